The molecule has 3 rings (SSSR count). The quantitative estimate of drug-likeness (QED) is 0.882. The first kappa shape index (κ1) is 16.0. The van der Waals surface area contributed by atoms with Crippen molar-refractivity contribution in [1.29, 1.82) is 0 Å². The SMILES string of the molecule is NCCc1nc(C(=O)N(Cc2ccc(F)cc2F)C2CC2)cs1. The second-order valence-electron chi connectivity index (χ2n) is 5.57. The van der Waals surface area contributed by atoms with Gasteiger partial charge in [0.2, 0.25) is 0 Å². The first-order valence-electron chi connectivity index (χ1n) is 7.48. The predicted octanol–water partition coefficient (Wildman–Crippen LogP) is 2.73. The van der Waals surface area contributed by atoms with Gasteiger partial charge < -0.3 is 10.6 Å². The molecular formula is C16H17F2N3OS. The van der Waals surface area contributed by atoms with Crippen molar-refractivity contribution < 1.29 is 13.6 Å². The van der Waals surface area contributed by atoms with Gasteiger partial charge >= 0.3 is 0 Å². The molecule has 1 aromatic heterocycles. The summed E-state index contributed by atoms with van der Waals surface area (Å²) in [6, 6.07) is 3.53. The smallest absolute Gasteiger partial charge is 0.273 e. The average Bonchev–Trinajstić information content (AvgIpc) is 3.25. The predicted molar refractivity (Wildman–Crippen MR) is 84.1 cm³/mol. The van der Waals surface area contributed by atoms with Crippen LogP contribution >= 0.6 is 11.3 Å². The molecule has 1 aromatic carbocycles. The minimum absolute atomic E-state index is 0.103. The fraction of sp³-hybridized carbons (Fsp3) is 0.375. The maximum absolute atomic E-state index is 13.9. The molecule has 4 nitrogen and oxygen atoms in total. The Bertz CT molecular complexity index is 715. The zero-order chi connectivity index (χ0) is 16.4. The van der Waals surface area contributed by atoms with Crippen molar-refractivity contribution in [2.45, 2.75) is 31.8 Å². The minimum atomic E-state index is -0.634. The van der Waals surface area contributed by atoms with Crippen LogP contribution in [0.3, 0.4) is 0 Å². The summed E-state index contributed by atoms with van der Waals surface area (Å²) in [5.41, 5.74) is 6.17. The molecule has 0 atom stereocenters. The maximum Gasteiger partial charge on any atom is 0.273 e. The third-order valence-corrected chi connectivity index (χ3v) is 4.64. The summed E-state index contributed by atoms with van der Waals surface area (Å²) in [6.45, 7) is 0.605. The molecule has 1 heterocycles. The van der Waals surface area contributed by atoms with Gasteiger partial charge in [0, 0.05) is 36.0 Å². The van der Waals surface area contributed by atoms with Crippen molar-refractivity contribution in [2.24, 2.45) is 5.73 Å². The lowest BCUT2D eigenvalue weighted by Crippen LogP contribution is -2.33. The van der Waals surface area contributed by atoms with Crippen LogP contribution in [0.4, 0.5) is 8.78 Å². The number of rotatable bonds is 6. The Labute approximate surface area is 136 Å². The van der Waals surface area contributed by atoms with Gasteiger partial charge in [0.25, 0.3) is 5.91 Å². The summed E-state index contributed by atoms with van der Waals surface area (Å²) in [6.07, 6.45) is 2.43. The molecule has 2 aromatic rings. The van der Waals surface area contributed by atoms with Crippen LogP contribution in [0.1, 0.15) is 33.9 Å². The van der Waals surface area contributed by atoms with E-state index in [4.69, 9.17) is 5.73 Å². The van der Waals surface area contributed by atoms with E-state index in [2.05, 4.69) is 4.98 Å². The van der Waals surface area contributed by atoms with Gasteiger partial charge in [0.15, 0.2) is 0 Å². The lowest BCUT2D eigenvalue weighted by atomic mass is 10.2. The summed E-state index contributed by atoms with van der Waals surface area (Å²) in [5.74, 6) is -1.47. The number of nitrogens with zero attached hydrogens (tertiary/aromatic N) is 2. The van der Waals surface area contributed by atoms with Crippen molar-refractivity contribution in [2.75, 3.05) is 6.54 Å². The lowest BCUT2D eigenvalue weighted by molar-refractivity contribution is 0.0723. The molecule has 1 amide bonds. The fourth-order valence-corrected chi connectivity index (χ4v) is 3.17. The molecule has 1 aliphatic carbocycles. The molecule has 1 aliphatic rings. The topological polar surface area (TPSA) is 59.2 Å². The van der Waals surface area contributed by atoms with E-state index in [0.717, 1.165) is 23.9 Å². The number of halogens is 2. The molecule has 2 N–H and O–H groups in total. The Morgan fingerprint density at radius 1 is 1.39 bits per heavy atom. The Hall–Kier alpha value is -1.86. The third kappa shape index (κ3) is 3.73. The van der Waals surface area contributed by atoms with Gasteiger partial charge in [0.1, 0.15) is 17.3 Å². The van der Waals surface area contributed by atoms with Gasteiger partial charge in [-0.15, -0.1) is 11.3 Å². The van der Waals surface area contributed by atoms with Gasteiger partial charge in [-0.2, -0.15) is 0 Å². The van der Waals surface area contributed by atoms with E-state index in [1.165, 1.54) is 23.5 Å². The zero-order valence-electron chi connectivity index (χ0n) is 12.5. The number of nitrogens with two attached hydrogens (primary N) is 1. The summed E-state index contributed by atoms with van der Waals surface area (Å²) >= 11 is 1.40. The van der Waals surface area contributed by atoms with Crippen molar-refractivity contribution in [1.82, 2.24) is 9.88 Å². The summed E-state index contributed by atoms with van der Waals surface area (Å²) in [7, 11) is 0. The maximum atomic E-state index is 13.9. The van der Waals surface area contributed by atoms with Crippen molar-refractivity contribution in [3.8, 4) is 0 Å². The van der Waals surface area contributed by atoms with Crippen LogP contribution in [-0.4, -0.2) is 28.4 Å². The first-order valence-corrected chi connectivity index (χ1v) is 8.36. The molecule has 0 aliphatic heterocycles. The van der Waals surface area contributed by atoms with E-state index >= 15 is 0 Å². The van der Waals surface area contributed by atoms with Crippen LogP contribution in [0.2, 0.25) is 0 Å². The van der Waals surface area contributed by atoms with Crippen LogP contribution in [0.5, 0.6) is 0 Å². The van der Waals surface area contributed by atoms with Crippen LogP contribution < -0.4 is 5.73 Å². The molecule has 0 unspecified atom stereocenters. The van der Waals surface area contributed by atoms with E-state index in [0.29, 0.717) is 24.2 Å². The molecule has 1 fully saturated rings. The number of aromatic nitrogens is 1. The number of carbonyl (C=O) groups is 1. The van der Waals surface area contributed by atoms with E-state index < -0.39 is 11.6 Å². The summed E-state index contributed by atoms with van der Waals surface area (Å²) < 4.78 is 26.9. The number of carbonyl (C=O) groups excluding carboxylic acids is 1. The first-order chi connectivity index (χ1) is 11.1. The average molecular weight is 337 g/mol. The highest BCUT2D eigenvalue weighted by Crippen LogP contribution is 2.30. The molecule has 1 saturated carbocycles. The van der Waals surface area contributed by atoms with Crippen molar-refractivity contribution in [3.63, 3.8) is 0 Å². The highest BCUT2D eigenvalue weighted by molar-refractivity contribution is 7.09. The van der Waals surface area contributed by atoms with Crippen LogP contribution in [0.25, 0.3) is 0 Å². The molecule has 0 spiro atoms. The molecule has 7 heteroatoms. The molecular weight excluding hydrogens is 320 g/mol. The summed E-state index contributed by atoms with van der Waals surface area (Å²) in [4.78, 5) is 18.6. The Morgan fingerprint density at radius 2 is 2.17 bits per heavy atom. The van der Waals surface area contributed by atoms with E-state index in [1.807, 2.05) is 0 Å². The largest absolute Gasteiger partial charge is 0.330 e. The van der Waals surface area contributed by atoms with Crippen LogP contribution in [0, 0.1) is 11.6 Å². The fourth-order valence-electron chi connectivity index (χ4n) is 2.38. The van der Waals surface area contributed by atoms with Gasteiger partial charge in [0.05, 0.1) is 5.01 Å². The monoisotopic (exact) mass is 337 g/mol. The standard InChI is InChI=1S/C16H17F2N3OS/c17-11-2-1-10(13(18)7-11)8-21(12-3-4-12)16(22)14-9-23-15(20-14)5-6-19/h1-2,7,9,12H,3-6,8,19H2. The Morgan fingerprint density at radius 3 is 2.83 bits per heavy atom. The van der Waals surface area contributed by atoms with Crippen LogP contribution in [0.15, 0.2) is 23.6 Å². The van der Waals surface area contributed by atoms with Gasteiger partial charge in [-0.1, -0.05) is 6.07 Å². The van der Waals surface area contributed by atoms with Crippen LogP contribution in [-0.2, 0) is 13.0 Å². The number of amides is 1. The van der Waals surface area contributed by atoms with E-state index in [1.54, 1.807) is 10.3 Å². The number of hydrogen-bond donors (Lipinski definition) is 1. The van der Waals surface area contributed by atoms with E-state index in [9.17, 15) is 13.6 Å². The number of thiazole rings is 1. The molecule has 0 radical (unpaired) electrons. The van der Waals surface area contributed by atoms with Gasteiger partial charge in [-0.3, -0.25) is 4.79 Å². The van der Waals surface area contributed by atoms with Crippen molar-refractivity contribution in [3.05, 3.63) is 51.5 Å². The van der Waals surface area contributed by atoms with Crippen molar-refractivity contribution >= 4 is 17.2 Å². The van der Waals surface area contributed by atoms with Gasteiger partial charge in [-0.25, -0.2) is 13.8 Å². The normalized spacial score (nSPS) is 14.0. The highest BCUT2D eigenvalue weighted by Gasteiger charge is 2.34. The number of benzene rings is 1. The molecule has 23 heavy (non-hydrogen) atoms. The van der Waals surface area contributed by atoms with Gasteiger partial charge in [-0.05, 0) is 25.5 Å². The summed E-state index contributed by atoms with van der Waals surface area (Å²) in [5, 5.41) is 2.53. The second-order valence-corrected chi connectivity index (χ2v) is 6.51. The molecule has 0 saturated heterocycles. The zero-order valence-corrected chi connectivity index (χ0v) is 13.3. The highest BCUT2D eigenvalue weighted by atomic mass is 32.1. The Balaban J connectivity index is 1.79. The second kappa shape index (κ2) is 6.72. The Kier molecular flexibility index (Phi) is 4.68. The third-order valence-electron chi connectivity index (χ3n) is 3.73. The van der Waals surface area contributed by atoms with E-state index in [-0.39, 0.29) is 18.5 Å². The molecule has 122 valence electrons. The number of hydrogen-bond acceptors (Lipinski definition) is 4. The minimum Gasteiger partial charge on any atom is -0.330 e. The lowest BCUT2D eigenvalue weighted by Gasteiger charge is -2.22. The molecule has 0 bridgehead atoms.